The molecule has 1 atom stereocenters. The second kappa shape index (κ2) is 3.01. The lowest BCUT2D eigenvalue weighted by Gasteiger charge is -2.26. The van der Waals surface area contributed by atoms with E-state index in [0.29, 0.717) is 11.5 Å². The molecule has 1 aliphatic carbocycles. The predicted octanol–water partition coefficient (Wildman–Crippen LogP) is 1.30. The van der Waals surface area contributed by atoms with Gasteiger partial charge in [-0.15, -0.1) is 0 Å². The monoisotopic (exact) mass is 172 g/mol. The zero-order valence-corrected chi connectivity index (χ0v) is 7.04. The van der Waals surface area contributed by atoms with Crippen LogP contribution in [0.1, 0.15) is 13.3 Å². The lowest BCUT2D eigenvalue weighted by molar-refractivity contribution is 0.364. The number of hydrogen-bond donors (Lipinski definition) is 2. The Morgan fingerprint density at radius 3 is 2.64 bits per heavy atom. The molecule has 0 aromatic carbocycles. The highest BCUT2D eigenvalue weighted by Gasteiger charge is 2.36. The maximum Gasteiger partial charge on any atom is 0.462 e. The Morgan fingerprint density at radius 2 is 2.27 bits per heavy atom. The average Bonchev–Trinajstić information content (AvgIpc) is 1.86. The number of hydrogen-bond acceptors (Lipinski definition) is 2. The van der Waals surface area contributed by atoms with E-state index >= 15 is 0 Å². The van der Waals surface area contributed by atoms with Crippen LogP contribution in [0.4, 0.5) is 0 Å². The second-order valence-electron chi connectivity index (χ2n) is 3.03. The first-order valence-corrected chi connectivity index (χ1v) is 3.82. The van der Waals surface area contributed by atoms with E-state index in [-0.39, 0.29) is 0 Å². The van der Waals surface area contributed by atoms with Gasteiger partial charge in [0.2, 0.25) is 0 Å². The molecule has 1 unspecified atom stereocenters. The van der Waals surface area contributed by atoms with E-state index in [1.54, 1.807) is 25.2 Å². The molecule has 11 heavy (non-hydrogen) atoms. The molecule has 0 spiro atoms. The fraction of sp³-hybridized carbons (Fsp3) is 0.429. The van der Waals surface area contributed by atoms with Crippen LogP contribution in [-0.2, 0) is 0 Å². The molecule has 2 nitrogen and oxygen atoms in total. The zero-order valence-electron chi connectivity index (χ0n) is 6.29. The molecular weight excluding hydrogens is 162 g/mol. The van der Waals surface area contributed by atoms with Crippen LogP contribution < -0.4 is 0 Å². The molecular formula is C7H10BClO2. The van der Waals surface area contributed by atoms with Crippen molar-refractivity contribution in [3.63, 3.8) is 0 Å². The Bertz CT molecular complexity index is 212. The van der Waals surface area contributed by atoms with Crippen LogP contribution in [0.2, 0.25) is 5.31 Å². The lowest BCUT2D eigenvalue weighted by Crippen LogP contribution is -2.29. The van der Waals surface area contributed by atoms with Crippen molar-refractivity contribution in [3.8, 4) is 0 Å². The number of halogens is 1. The predicted molar refractivity (Wildman–Crippen MR) is 46.3 cm³/mol. The third-order valence-corrected chi connectivity index (χ3v) is 2.15. The molecule has 2 N–H and O–H groups in total. The van der Waals surface area contributed by atoms with E-state index in [2.05, 4.69) is 0 Å². The molecule has 0 saturated carbocycles. The summed E-state index contributed by atoms with van der Waals surface area (Å²) in [5, 5.41) is 18.0. The highest BCUT2D eigenvalue weighted by Crippen LogP contribution is 2.40. The highest BCUT2D eigenvalue weighted by molar-refractivity contribution is 6.47. The summed E-state index contributed by atoms with van der Waals surface area (Å²) in [6.07, 6.45) is 5.74. The van der Waals surface area contributed by atoms with Gasteiger partial charge in [-0.25, -0.2) is 0 Å². The summed E-state index contributed by atoms with van der Waals surface area (Å²) < 4.78 is 0. The van der Waals surface area contributed by atoms with Gasteiger partial charge in [0, 0.05) is 10.3 Å². The Hall–Kier alpha value is -0.245. The summed E-state index contributed by atoms with van der Waals surface area (Å²) in [6.45, 7) is 1.75. The van der Waals surface area contributed by atoms with E-state index < -0.39 is 12.4 Å². The van der Waals surface area contributed by atoms with Gasteiger partial charge in [-0.05, 0) is 12.5 Å². The third-order valence-electron chi connectivity index (χ3n) is 1.89. The van der Waals surface area contributed by atoms with Gasteiger partial charge in [0.1, 0.15) is 0 Å². The highest BCUT2D eigenvalue weighted by atomic mass is 35.5. The summed E-state index contributed by atoms with van der Waals surface area (Å²) >= 11 is 5.73. The normalized spacial score (nSPS) is 30.0. The molecule has 60 valence electrons. The van der Waals surface area contributed by atoms with Crippen molar-refractivity contribution in [2.45, 2.75) is 18.7 Å². The molecule has 0 aromatic rings. The quantitative estimate of drug-likeness (QED) is 0.586. The van der Waals surface area contributed by atoms with E-state index in [1.165, 1.54) is 0 Å². The largest absolute Gasteiger partial charge is 0.462 e. The van der Waals surface area contributed by atoms with Crippen LogP contribution in [0.3, 0.4) is 0 Å². The van der Waals surface area contributed by atoms with E-state index in [4.69, 9.17) is 21.6 Å². The number of rotatable bonds is 1. The summed E-state index contributed by atoms with van der Waals surface area (Å²) in [7, 11) is -1.35. The first-order valence-electron chi connectivity index (χ1n) is 3.45. The lowest BCUT2D eigenvalue weighted by atomic mass is 9.56. The minimum absolute atomic E-state index is 0.489. The third kappa shape index (κ3) is 1.86. The molecule has 0 bridgehead atoms. The van der Waals surface area contributed by atoms with Gasteiger partial charge >= 0.3 is 7.12 Å². The summed E-state index contributed by atoms with van der Waals surface area (Å²) in [6, 6.07) is 0. The van der Waals surface area contributed by atoms with Gasteiger partial charge in [0.15, 0.2) is 0 Å². The summed E-state index contributed by atoms with van der Waals surface area (Å²) in [5.74, 6) is 0. The van der Waals surface area contributed by atoms with Crippen molar-refractivity contribution in [1.82, 2.24) is 0 Å². The van der Waals surface area contributed by atoms with Gasteiger partial charge < -0.3 is 10.0 Å². The molecule has 0 aliphatic heterocycles. The van der Waals surface area contributed by atoms with Gasteiger partial charge in [0.25, 0.3) is 0 Å². The topological polar surface area (TPSA) is 40.5 Å². The van der Waals surface area contributed by atoms with Crippen LogP contribution in [0.15, 0.2) is 23.3 Å². The van der Waals surface area contributed by atoms with Crippen molar-refractivity contribution in [2.24, 2.45) is 0 Å². The van der Waals surface area contributed by atoms with Crippen molar-refractivity contribution in [2.75, 3.05) is 0 Å². The zero-order chi connectivity index (χ0) is 8.48. The van der Waals surface area contributed by atoms with Gasteiger partial charge in [-0.1, -0.05) is 30.7 Å². The molecule has 0 saturated heterocycles. The van der Waals surface area contributed by atoms with Crippen LogP contribution in [0.5, 0.6) is 0 Å². The molecule has 1 rings (SSSR count). The van der Waals surface area contributed by atoms with Gasteiger partial charge in [-0.2, -0.15) is 0 Å². The maximum absolute atomic E-state index is 8.97. The van der Waals surface area contributed by atoms with Crippen molar-refractivity contribution in [1.29, 1.82) is 0 Å². The molecule has 0 amide bonds. The van der Waals surface area contributed by atoms with Gasteiger partial charge in [-0.3, -0.25) is 0 Å². The van der Waals surface area contributed by atoms with Crippen molar-refractivity contribution < 1.29 is 10.0 Å². The standard InChI is InChI=1S/C7H10BClO2/c1-7(8(10)11)4-2-3-6(9)5-7/h2-4,10-11H,5H2,1H3. The Morgan fingerprint density at radius 1 is 1.64 bits per heavy atom. The van der Waals surface area contributed by atoms with Crippen molar-refractivity contribution in [3.05, 3.63) is 23.3 Å². The molecule has 0 heterocycles. The minimum atomic E-state index is -1.35. The fourth-order valence-electron chi connectivity index (χ4n) is 1.03. The fourth-order valence-corrected chi connectivity index (χ4v) is 1.39. The van der Waals surface area contributed by atoms with Gasteiger partial charge in [0.05, 0.1) is 0 Å². The summed E-state index contributed by atoms with van der Waals surface area (Å²) in [5.41, 5.74) is 0. The molecule has 0 radical (unpaired) electrons. The SMILES string of the molecule is CC1(B(O)O)C=CC=C(Cl)C1. The minimum Gasteiger partial charge on any atom is -0.426 e. The van der Waals surface area contributed by atoms with E-state index in [9.17, 15) is 0 Å². The van der Waals surface area contributed by atoms with Crippen LogP contribution in [0.25, 0.3) is 0 Å². The van der Waals surface area contributed by atoms with E-state index in [0.717, 1.165) is 0 Å². The van der Waals surface area contributed by atoms with E-state index in [1.807, 2.05) is 0 Å². The Labute approximate surface area is 71.3 Å². The summed E-state index contributed by atoms with van der Waals surface area (Å²) in [4.78, 5) is 0. The van der Waals surface area contributed by atoms with Crippen LogP contribution in [0, 0.1) is 0 Å². The molecule has 4 heteroatoms. The molecule has 0 fully saturated rings. The molecule has 0 aromatic heterocycles. The molecule has 1 aliphatic rings. The van der Waals surface area contributed by atoms with Crippen molar-refractivity contribution >= 4 is 18.7 Å². The average molecular weight is 172 g/mol. The van der Waals surface area contributed by atoms with Crippen LogP contribution >= 0.6 is 11.6 Å². The first kappa shape index (κ1) is 8.85. The maximum atomic E-state index is 8.97. The smallest absolute Gasteiger partial charge is 0.426 e. The Balaban J connectivity index is 2.78. The Kier molecular flexibility index (Phi) is 2.42. The number of allylic oxidation sites excluding steroid dienone is 4. The first-order chi connectivity index (χ1) is 5.04. The second-order valence-corrected chi connectivity index (χ2v) is 3.51. The van der Waals surface area contributed by atoms with Crippen LogP contribution in [-0.4, -0.2) is 17.2 Å².